The molecule has 10 heavy (non-hydrogen) atoms. The number of halogens is 2. The van der Waals surface area contributed by atoms with E-state index in [1.54, 1.807) is 0 Å². The second-order valence-electron chi connectivity index (χ2n) is 1.74. The number of rotatable bonds is 3. The molecule has 0 spiro atoms. The van der Waals surface area contributed by atoms with Gasteiger partial charge in [-0.05, 0) is 0 Å². The van der Waals surface area contributed by atoms with Crippen molar-refractivity contribution < 1.29 is 19.9 Å². The Morgan fingerprint density at radius 1 is 1.70 bits per heavy atom. The molecule has 0 fully saturated rings. The molecule has 0 aromatic rings. The predicted molar refractivity (Wildman–Crippen MR) is 42.2 cm³/mol. The van der Waals surface area contributed by atoms with Crippen molar-refractivity contribution in [3.63, 3.8) is 0 Å². The van der Waals surface area contributed by atoms with E-state index in [-0.39, 0.29) is 21.0 Å². The monoisotopic (exact) mass is 269 g/mol. The zero-order valence-electron chi connectivity index (χ0n) is 5.79. The minimum absolute atomic E-state index is 0.0185. The van der Waals surface area contributed by atoms with Gasteiger partial charge in [-0.1, -0.05) is 0 Å². The molecule has 0 saturated heterocycles. The first kappa shape index (κ1) is 13.6. The topological polar surface area (TPSA) is 17.1 Å². The third kappa shape index (κ3) is 16.0. The van der Waals surface area contributed by atoms with Gasteiger partial charge in [-0.2, -0.15) is 0 Å². The normalized spacial score (nSPS) is 11.2. The second-order valence-corrected chi connectivity index (χ2v) is 4.37. The summed E-state index contributed by atoms with van der Waals surface area (Å²) in [6.07, 6.45) is 1.97. The Bertz CT molecular complexity index is 74.7. The standard InChI is InChI=1S/C5H10BO.2ClH.Ru/c1-3-4-5(2)6-7;;;/h5H,2-4H2,1H3;2*1H;/q-1;;;+2/p-2. The van der Waals surface area contributed by atoms with E-state index in [1.807, 2.05) is 6.92 Å². The summed E-state index contributed by atoms with van der Waals surface area (Å²) in [5, 5.41) is 0. The Hall–Kier alpha value is 1.07. The van der Waals surface area contributed by atoms with Gasteiger partial charge in [-0.25, -0.2) is 0 Å². The maximum absolute atomic E-state index is 9.83. The first-order valence-corrected chi connectivity index (χ1v) is 7.34. The molecule has 0 aliphatic rings. The van der Waals surface area contributed by atoms with Gasteiger partial charge in [0.05, 0.1) is 0 Å². The van der Waals surface area contributed by atoms with Crippen LogP contribution in [0.5, 0.6) is 0 Å². The van der Waals surface area contributed by atoms with E-state index in [1.165, 1.54) is 0 Å². The van der Waals surface area contributed by atoms with E-state index in [0.717, 1.165) is 20.0 Å². The molecule has 0 saturated carbocycles. The third-order valence-corrected chi connectivity index (χ3v) is 0.852. The van der Waals surface area contributed by atoms with Crippen molar-refractivity contribution >= 4 is 26.5 Å². The summed E-state index contributed by atoms with van der Waals surface area (Å²) in [4.78, 5) is 0. The average Bonchev–Trinajstić information content (AvgIpc) is 1.90. The van der Waals surface area contributed by atoms with Crippen molar-refractivity contribution in [3.05, 3.63) is 6.92 Å². The van der Waals surface area contributed by atoms with Crippen LogP contribution < -0.4 is 0 Å². The van der Waals surface area contributed by atoms with Gasteiger partial charge in [-0.3, -0.25) is 0 Å². The fraction of sp³-hybridized carbons (Fsp3) is 0.800. The Balaban J connectivity index is 0. The average molecular weight is 269 g/mol. The molecule has 0 aliphatic carbocycles. The molecular weight excluding hydrogens is 259 g/mol. The van der Waals surface area contributed by atoms with E-state index in [2.05, 4.69) is 6.92 Å². The maximum atomic E-state index is 9.83. The fourth-order valence-corrected chi connectivity index (χ4v) is 0.439. The van der Waals surface area contributed by atoms with E-state index < -0.39 is 0 Å². The van der Waals surface area contributed by atoms with Gasteiger partial charge in [0.1, 0.15) is 0 Å². The van der Waals surface area contributed by atoms with Crippen molar-refractivity contribution in [3.8, 4) is 0 Å². The van der Waals surface area contributed by atoms with Crippen LogP contribution in [0, 0.1) is 6.92 Å². The summed E-state index contributed by atoms with van der Waals surface area (Å²) in [6, 6.07) is 0. The Morgan fingerprint density at radius 2 is 2.10 bits per heavy atom. The summed E-state index contributed by atoms with van der Waals surface area (Å²) in [5.41, 5.74) is 0. The van der Waals surface area contributed by atoms with Crippen LogP contribution in [0.15, 0.2) is 0 Å². The van der Waals surface area contributed by atoms with Crippen LogP contribution in [0.4, 0.5) is 0 Å². The van der Waals surface area contributed by atoms with Gasteiger partial charge in [0.25, 0.3) is 0 Å². The summed E-state index contributed by atoms with van der Waals surface area (Å²) < 4.78 is 9.83. The Labute approximate surface area is 78.8 Å². The molecule has 0 heterocycles. The van der Waals surface area contributed by atoms with Gasteiger partial charge in [0.2, 0.25) is 0 Å². The summed E-state index contributed by atoms with van der Waals surface area (Å²) in [7, 11) is 10.6. The molecule has 5 heteroatoms. The van der Waals surface area contributed by atoms with Crippen LogP contribution in [0.3, 0.4) is 0 Å². The molecule has 0 amide bonds. The molecule has 0 radical (unpaired) electrons. The van der Waals surface area contributed by atoms with Crippen LogP contribution in [0.1, 0.15) is 19.8 Å². The van der Waals surface area contributed by atoms with Crippen LogP contribution in [0.2, 0.25) is 5.82 Å². The van der Waals surface area contributed by atoms with E-state index in [9.17, 15) is 4.70 Å². The van der Waals surface area contributed by atoms with Gasteiger partial charge < -0.3 is 0 Å². The zero-order chi connectivity index (χ0) is 8.41. The predicted octanol–water partition coefficient (Wildman–Crippen LogP) is 2.84. The van der Waals surface area contributed by atoms with Crippen molar-refractivity contribution in [1.82, 2.24) is 0 Å². The molecule has 0 bridgehead atoms. The van der Waals surface area contributed by atoms with E-state index >= 15 is 0 Å². The fourth-order valence-electron chi connectivity index (χ4n) is 0.439. The van der Waals surface area contributed by atoms with Crippen LogP contribution in [0.25, 0.3) is 0 Å². The van der Waals surface area contributed by atoms with Gasteiger partial charge in [0.15, 0.2) is 0 Å². The first-order valence-electron chi connectivity index (χ1n) is 2.86. The molecule has 0 aromatic heterocycles. The van der Waals surface area contributed by atoms with Gasteiger partial charge in [0, 0.05) is 0 Å². The van der Waals surface area contributed by atoms with Crippen molar-refractivity contribution in [2.75, 3.05) is 0 Å². The van der Waals surface area contributed by atoms with E-state index in [0.29, 0.717) is 0 Å². The summed E-state index contributed by atoms with van der Waals surface area (Å²) in [5.74, 6) is 0.0185. The minimum atomic E-state index is -0.346. The zero-order valence-corrected chi connectivity index (χ0v) is 9.04. The third-order valence-electron chi connectivity index (χ3n) is 0.852. The second kappa shape index (κ2) is 12.7. The van der Waals surface area contributed by atoms with Gasteiger partial charge >= 0.3 is 78.9 Å². The molecule has 0 aliphatic heterocycles. The number of hydrogen-bond donors (Lipinski definition) is 0. The first-order chi connectivity index (χ1) is 4.72. The Kier molecular flexibility index (Phi) is 17.4. The van der Waals surface area contributed by atoms with E-state index in [4.69, 9.17) is 19.4 Å². The number of hydrogen-bond acceptors (Lipinski definition) is 1. The molecular formula is C5H10BCl2ORu-. The Morgan fingerprint density at radius 3 is 2.20 bits per heavy atom. The molecule has 1 atom stereocenters. The van der Waals surface area contributed by atoms with Crippen molar-refractivity contribution in [1.29, 1.82) is 0 Å². The molecule has 0 aromatic carbocycles. The molecule has 1 unspecified atom stereocenters. The molecule has 62 valence electrons. The summed E-state index contributed by atoms with van der Waals surface area (Å²) >= 11 is -0.346. The van der Waals surface area contributed by atoms with Crippen LogP contribution >= 0.6 is 19.4 Å². The van der Waals surface area contributed by atoms with Gasteiger partial charge in [-0.15, -0.1) is 0 Å². The molecule has 1 nitrogen and oxygen atoms in total. The van der Waals surface area contributed by atoms with Crippen molar-refractivity contribution in [2.45, 2.75) is 25.6 Å². The SMILES string of the molecule is [CH2-]C(B=O)CCC.[Cl][Ru][Cl]. The summed E-state index contributed by atoms with van der Waals surface area (Å²) in [6.45, 7) is 5.62. The molecule has 0 N–H and O–H groups in total. The van der Waals surface area contributed by atoms with Crippen molar-refractivity contribution in [2.24, 2.45) is 0 Å². The quantitative estimate of drug-likeness (QED) is 0.568. The van der Waals surface area contributed by atoms with Crippen LogP contribution in [-0.2, 0) is 19.9 Å². The molecule has 0 rings (SSSR count). The van der Waals surface area contributed by atoms with Crippen LogP contribution in [-0.4, -0.2) is 7.15 Å².